The van der Waals surface area contributed by atoms with Crippen LogP contribution < -0.4 is 11.0 Å². The van der Waals surface area contributed by atoms with E-state index in [1.807, 2.05) is 0 Å². The Morgan fingerprint density at radius 1 is 1.36 bits per heavy atom. The largest absolute Gasteiger partial charge is 0.350 e. The Morgan fingerprint density at radius 2 is 2.24 bits per heavy atom. The van der Waals surface area contributed by atoms with Crippen LogP contribution in [0.3, 0.4) is 0 Å². The minimum absolute atomic E-state index is 0.172. The molecule has 1 aliphatic rings. The van der Waals surface area contributed by atoms with E-state index in [-0.39, 0.29) is 30.0 Å². The van der Waals surface area contributed by atoms with E-state index in [1.165, 1.54) is 16.5 Å². The maximum atomic E-state index is 13.5. The number of carbonyl (C=O) groups is 1. The summed E-state index contributed by atoms with van der Waals surface area (Å²) in [7, 11) is 0. The van der Waals surface area contributed by atoms with Crippen LogP contribution in [-0.2, 0) is 11.3 Å². The molecule has 0 spiro atoms. The third-order valence-corrected chi connectivity index (χ3v) is 5.25. The number of thioether (sulfide) groups is 1. The molecule has 1 aromatic carbocycles. The van der Waals surface area contributed by atoms with E-state index in [2.05, 4.69) is 10.4 Å². The normalized spacial score (nSPS) is 16.6. The highest BCUT2D eigenvalue weighted by Crippen LogP contribution is 2.36. The fraction of sp³-hybridized carbons (Fsp3) is 0.235. The van der Waals surface area contributed by atoms with Crippen molar-refractivity contribution in [2.45, 2.75) is 23.9 Å². The minimum Gasteiger partial charge on any atom is -0.348 e. The second-order valence-electron chi connectivity index (χ2n) is 5.81. The van der Waals surface area contributed by atoms with E-state index < -0.39 is 0 Å². The number of hydrogen-bond acceptors (Lipinski definition) is 4. The summed E-state index contributed by atoms with van der Waals surface area (Å²) in [6.45, 7) is -0.172. The molecule has 0 aliphatic carbocycles. The first-order chi connectivity index (χ1) is 12.1. The summed E-state index contributed by atoms with van der Waals surface area (Å²) in [6.07, 6.45) is 2.32. The molecule has 1 unspecified atom stereocenters. The third kappa shape index (κ3) is 3.05. The lowest BCUT2D eigenvalue weighted by molar-refractivity contribution is -0.122. The molecule has 0 bridgehead atoms. The van der Waals surface area contributed by atoms with Gasteiger partial charge in [-0.25, -0.2) is 13.9 Å². The highest BCUT2D eigenvalue weighted by molar-refractivity contribution is 7.99. The molecule has 0 saturated heterocycles. The number of hydrogen-bond donors (Lipinski definition) is 1. The Morgan fingerprint density at radius 3 is 3.08 bits per heavy atom. The summed E-state index contributed by atoms with van der Waals surface area (Å²) in [4.78, 5) is 25.6. The van der Waals surface area contributed by atoms with Crippen molar-refractivity contribution in [1.29, 1.82) is 0 Å². The number of aromatic nitrogens is 3. The van der Waals surface area contributed by atoms with Crippen LogP contribution in [-0.4, -0.2) is 25.8 Å². The van der Waals surface area contributed by atoms with Crippen molar-refractivity contribution in [2.24, 2.45) is 0 Å². The summed E-state index contributed by atoms with van der Waals surface area (Å²) in [5.74, 6) is 0.201. The molecule has 1 N–H and O–H groups in total. The third-order valence-electron chi connectivity index (χ3n) is 4.13. The van der Waals surface area contributed by atoms with E-state index in [0.717, 1.165) is 20.9 Å². The lowest BCUT2D eigenvalue weighted by atomic mass is 10.0. The summed E-state index contributed by atoms with van der Waals surface area (Å²) in [5.41, 5.74) is 0.908. The predicted octanol–water partition coefficient (Wildman–Crippen LogP) is 1.99. The molecule has 3 aromatic rings. The molecular formula is C17H15FN4O2S. The zero-order chi connectivity index (χ0) is 17.4. The topological polar surface area (TPSA) is 68.4 Å². The van der Waals surface area contributed by atoms with Crippen LogP contribution in [0.2, 0.25) is 0 Å². The van der Waals surface area contributed by atoms with Crippen molar-refractivity contribution >= 4 is 23.3 Å². The lowest BCUT2D eigenvalue weighted by Crippen LogP contribution is -2.36. The molecule has 1 atom stereocenters. The van der Waals surface area contributed by atoms with Crippen molar-refractivity contribution < 1.29 is 9.18 Å². The van der Waals surface area contributed by atoms with E-state index in [4.69, 9.17) is 0 Å². The number of amides is 1. The molecule has 0 fully saturated rings. The van der Waals surface area contributed by atoms with Gasteiger partial charge in [0.2, 0.25) is 5.91 Å². The number of benzene rings is 1. The molecular weight excluding hydrogens is 343 g/mol. The summed E-state index contributed by atoms with van der Waals surface area (Å²) < 4.78 is 16.1. The van der Waals surface area contributed by atoms with Gasteiger partial charge in [0.25, 0.3) is 0 Å². The quantitative estimate of drug-likeness (QED) is 0.777. The zero-order valence-electron chi connectivity index (χ0n) is 13.2. The van der Waals surface area contributed by atoms with Crippen molar-refractivity contribution in [3.05, 3.63) is 64.5 Å². The van der Waals surface area contributed by atoms with Gasteiger partial charge in [-0.1, -0.05) is 6.07 Å². The van der Waals surface area contributed by atoms with Gasteiger partial charge in [-0.15, -0.1) is 16.9 Å². The molecule has 8 heteroatoms. The monoisotopic (exact) mass is 358 g/mol. The molecule has 0 radical (unpaired) electrons. The van der Waals surface area contributed by atoms with Crippen LogP contribution in [0.25, 0.3) is 5.65 Å². The number of halogens is 1. The Labute approximate surface area is 146 Å². The van der Waals surface area contributed by atoms with Gasteiger partial charge in [-0.3, -0.25) is 9.20 Å². The molecule has 4 rings (SSSR count). The Balaban J connectivity index is 1.54. The number of rotatable bonds is 3. The number of nitrogens with zero attached hydrogens (tertiary/aromatic N) is 3. The molecule has 25 heavy (non-hydrogen) atoms. The van der Waals surface area contributed by atoms with Crippen molar-refractivity contribution in [3.63, 3.8) is 0 Å². The van der Waals surface area contributed by atoms with E-state index in [0.29, 0.717) is 12.1 Å². The molecule has 128 valence electrons. The fourth-order valence-corrected chi connectivity index (χ4v) is 4.07. The second-order valence-corrected chi connectivity index (χ2v) is 6.95. The first-order valence-electron chi connectivity index (χ1n) is 7.87. The molecule has 1 aliphatic heterocycles. The van der Waals surface area contributed by atoms with Crippen molar-refractivity contribution in [3.8, 4) is 0 Å². The second kappa shape index (κ2) is 6.36. The van der Waals surface area contributed by atoms with Crippen LogP contribution in [0.15, 0.2) is 52.3 Å². The van der Waals surface area contributed by atoms with Crippen molar-refractivity contribution in [1.82, 2.24) is 19.5 Å². The first-order valence-corrected chi connectivity index (χ1v) is 8.86. The minimum atomic E-state index is -0.364. The average molecular weight is 358 g/mol. The highest BCUT2D eigenvalue weighted by Gasteiger charge is 2.23. The molecule has 1 amide bonds. The molecule has 6 nitrogen and oxygen atoms in total. The average Bonchev–Trinajstić information content (AvgIpc) is 2.91. The Hall–Kier alpha value is -2.61. The van der Waals surface area contributed by atoms with Crippen LogP contribution in [0.5, 0.6) is 0 Å². The standard InChI is InChI=1S/C17H15FN4O2S/c18-11-4-5-14-12(9-11)13(6-8-25-14)19-16(23)10-22-17(24)21-7-2-1-3-15(21)20-22/h1-5,7,9,13H,6,8,10H2,(H,19,23). The van der Waals surface area contributed by atoms with Crippen LogP contribution in [0, 0.1) is 5.82 Å². The predicted molar refractivity (Wildman–Crippen MR) is 92.1 cm³/mol. The smallest absolute Gasteiger partial charge is 0.348 e. The Kier molecular flexibility index (Phi) is 4.04. The zero-order valence-corrected chi connectivity index (χ0v) is 14.0. The highest BCUT2D eigenvalue weighted by atomic mass is 32.2. The van der Waals surface area contributed by atoms with Gasteiger partial charge in [0, 0.05) is 16.8 Å². The van der Waals surface area contributed by atoms with Gasteiger partial charge in [-0.2, -0.15) is 0 Å². The van der Waals surface area contributed by atoms with E-state index in [9.17, 15) is 14.0 Å². The van der Waals surface area contributed by atoms with Gasteiger partial charge < -0.3 is 5.32 Å². The van der Waals surface area contributed by atoms with Crippen LogP contribution >= 0.6 is 11.8 Å². The molecule has 0 saturated carbocycles. The van der Waals surface area contributed by atoms with Crippen LogP contribution in [0.4, 0.5) is 4.39 Å². The number of nitrogens with one attached hydrogen (secondary N) is 1. The van der Waals surface area contributed by atoms with Gasteiger partial charge in [0.05, 0.1) is 6.04 Å². The van der Waals surface area contributed by atoms with Gasteiger partial charge in [0.1, 0.15) is 12.4 Å². The molecule has 3 heterocycles. The number of carbonyl (C=O) groups excluding carboxylic acids is 1. The lowest BCUT2D eigenvalue weighted by Gasteiger charge is -2.25. The Bertz CT molecular complexity index is 1010. The fourth-order valence-electron chi connectivity index (χ4n) is 2.96. The maximum absolute atomic E-state index is 13.5. The van der Waals surface area contributed by atoms with Gasteiger partial charge >= 0.3 is 5.69 Å². The number of pyridine rings is 1. The SMILES string of the molecule is O=C(Cn1nc2ccccn2c1=O)NC1CCSc2ccc(F)cc21. The molecule has 2 aromatic heterocycles. The van der Waals surface area contributed by atoms with Crippen LogP contribution in [0.1, 0.15) is 18.0 Å². The maximum Gasteiger partial charge on any atom is 0.350 e. The van der Waals surface area contributed by atoms with Crippen molar-refractivity contribution in [2.75, 3.05) is 5.75 Å². The van der Waals surface area contributed by atoms with E-state index >= 15 is 0 Å². The summed E-state index contributed by atoms with van der Waals surface area (Å²) in [6, 6.07) is 9.57. The summed E-state index contributed by atoms with van der Waals surface area (Å²) in [5, 5.41) is 7.04. The first kappa shape index (κ1) is 15.9. The van der Waals surface area contributed by atoms with Gasteiger partial charge in [-0.05, 0) is 42.3 Å². The van der Waals surface area contributed by atoms with E-state index in [1.54, 1.807) is 42.2 Å². The number of fused-ring (bicyclic) bond motifs is 2. The summed E-state index contributed by atoms with van der Waals surface area (Å²) >= 11 is 1.65. The van der Waals surface area contributed by atoms with Gasteiger partial charge in [0.15, 0.2) is 5.65 Å².